The van der Waals surface area contributed by atoms with Gasteiger partial charge in [-0.15, -0.1) is 0 Å². The predicted octanol–water partition coefficient (Wildman–Crippen LogP) is 4.81. The molecule has 0 radical (unpaired) electrons. The molecule has 21 heavy (non-hydrogen) atoms. The molecule has 0 aliphatic rings. The third-order valence-corrected chi connectivity index (χ3v) is 3.59. The van der Waals surface area contributed by atoms with Crippen molar-refractivity contribution in [3.8, 4) is 17.6 Å². The van der Waals surface area contributed by atoms with E-state index in [9.17, 15) is 14.5 Å². The van der Waals surface area contributed by atoms with Crippen LogP contribution in [0.5, 0.6) is 11.5 Å². The number of nitriles is 1. The Morgan fingerprint density at radius 2 is 2.10 bits per heavy atom. The summed E-state index contributed by atoms with van der Waals surface area (Å²) in [5.74, 6) is -0.740. The Bertz CT molecular complexity index is 777. The van der Waals surface area contributed by atoms with Gasteiger partial charge in [-0.1, -0.05) is 11.6 Å². The van der Waals surface area contributed by atoms with Gasteiger partial charge in [0.1, 0.15) is 16.8 Å². The first-order valence-corrected chi connectivity index (χ1v) is 6.61. The molecule has 0 atom stereocenters. The molecular weight excluding hydrogens is 367 g/mol. The quantitative estimate of drug-likeness (QED) is 0.573. The van der Waals surface area contributed by atoms with Gasteiger partial charge in [0.2, 0.25) is 0 Å². The van der Waals surface area contributed by atoms with Gasteiger partial charge in [0.05, 0.1) is 15.0 Å². The minimum Gasteiger partial charge on any atom is -0.454 e. The number of nitro benzene ring substituents is 1. The van der Waals surface area contributed by atoms with E-state index in [0.717, 1.165) is 6.07 Å². The molecule has 2 aromatic rings. The summed E-state index contributed by atoms with van der Waals surface area (Å²) in [5.41, 5.74) is -0.146. The van der Waals surface area contributed by atoms with Gasteiger partial charge in [-0.3, -0.25) is 10.1 Å². The first-order chi connectivity index (χ1) is 9.93. The third-order valence-electron chi connectivity index (χ3n) is 2.51. The van der Waals surface area contributed by atoms with Gasteiger partial charge in [-0.25, -0.2) is 4.39 Å². The van der Waals surface area contributed by atoms with E-state index in [0.29, 0.717) is 0 Å². The van der Waals surface area contributed by atoms with Crippen LogP contribution < -0.4 is 4.74 Å². The van der Waals surface area contributed by atoms with Crippen LogP contribution in [0.2, 0.25) is 5.02 Å². The SMILES string of the molecule is N#Cc1ccc(Oc2ccc([N+](=O)[O-])c(Cl)c2)c(F)c1Br. The summed E-state index contributed by atoms with van der Waals surface area (Å²) in [5, 5.41) is 19.3. The largest absolute Gasteiger partial charge is 0.454 e. The minimum atomic E-state index is -0.747. The molecule has 0 saturated carbocycles. The third kappa shape index (κ3) is 3.12. The number of nitro groups is 1. The molecule has 2 aromatic carbocycles. The van der Waals surface area contributed by atoms with Crippen molar-refractivity contribution in [1.29, 1.82) is 5.26 Å². The number of benzene rings is 2. The molecule has 2 rings (SSSR count). The lowest BCUT2D eigenvalue weighted by atomic mass is 10.2. The smallest absolute Gasteiger partial charge is 0.288 e. The molecule has 5 nitrogen and oxygen atoms in total. The Morgan fingerprint density at radius 1 is 1.38 bits per heavy atom. The van der Waals surface area contributed by atoms with E-state index >= 15 is 0 Å². The van der Waals surface area contributed by atoms with Gasteiger partial charge in [-0.05, 0) is 34.1 Å². The average Bonchev–Trinajstić information content (AvgIpc) is 2.44. The summed E-state index contributed by atoms with van der Waals surface area (Å²) < 4.78 is 19.2. The number of halogens is 3. The van der Waals surface area contributed by atoms with Crippen LogP contribution in [0.25, 0.3) is 0 Å². The number of ether oxygens (including phenoxy) is 1. The van der Waals surface area contributed by atoms with E-state index in [1.54, 1.807) is 0 Å². The maximum Gasteiger partial charge on any atom is 0.288 e. The van der Waals surface area contributed by atoms with Gasteiger partial charge < -0.3 is 4.74 Å². The van der Waals surface area contributed by atoms with Gasteiger partial charge in [-0.2, -0.15) is 5.26 Å². The fourth-order valence-electron chi connectivity index (χ4n) is 1.52. The van der Waals surface area contributed by atoms with Gasteiger partial charge in [0.15, 0.2) is 11.6 Å². The van der Waals surface area contributed by atoms with Crippen LogP contribution in [0, 0.1) is 27.3 Å². The van der Waals surface area contributed by atoms with Crippen LogP contribution in [-0.4, -0.2) is 4.92 Å². The first kappa shape index (κ1) is 15.2. The lowest BCUT2D eigenvalue weighted by molar-refractivity contribution is -0.384. The normalized spacial score (nSPS) is 10.0. The van der Waals surface area contributed by atoms with Crippen molar-refractivity contribution >= 4 is 33.2 Å². The molecule has 8 heteroatoms. The van der Waals surface area contributed by atoms with E-state index in [1.807, 2.05) is 6.07 Å². The van der Waals surface area contributed by atoms with Gasteiger partial charge in [0.25, 0.3) is 5.69 Å². The topological polar surface area (TPSA) is 76.2 Å². The summed E-state index contributed by atoms with van der Waals surface area (Å²) in [4.78, 5) is 10.0. The molecule has 0 aliphatic heterocycles. The molecule has 0 aromatic heterocycles. The molecule has 106 valence electrons. The molecule has 0 spiro atoms. The Balaban J connectivity index is 2.35. The number of hydrogen-bond donors (Lipinski definition) is 0. The highest BCUT2D eigenvalue weighted by Gasteiger charge is 2.16. The zero-order valence-electron chi connectivity index (χ0n) is 10.1. The number of nitrogens with zero attached hydrogens (tertiary/aromatic N) is 2. The fourth-order valence-corrected chi connectivity index (χ4v) is 2.18. The standard InChI is InChI=1S/C13H5BrClFN2O3/c14-12-7(6-17)1-4-11(13(12)16)21-8-2-3-10(18(19)20)9(15)5-8/h1-5H. The molecule has 0 unspecified atom stereocenters. The van der Waals surface area contributed by atoms with E-state index in [4.69, 9.17) is 21.6 Å². The molecular formula is C13H5BrClFN2O3. The first-order valence-electron chi connectivity index (χ1n) is 5.44. The second-order valence-corrected chi connectivity index (χ2v) is 5.02. The van der Waals surface area contributed by atoms with Crippen molar-refractivity contribution in [2.75, 3.05) is 0 Å². The van der Waals surface area contributed by atoms with E-state index in [1.165, 1.54) is 24.3 Å². The maximum absolute atomic E-state index is 14.0. The highest BCUT2D eigenvalue weighted by Crippen LogP contribution is 2.34. The van der Waals surface area contributed by atoms with Crippen molar-refractivity contribution in [3.63, 3.8) is 0 Å². The van der Waals surface area contributed by atoms with Crippen LogP contribution in [-0.2, 0) is 0 Å². The molecule has 0 aliphatic carbocycles. The number of rotatable bonds is 3. The van der Waals surface area contributed by atoms with Crippen molar-refractivity contribution in [2.45, 2.75) is 0 Å². The van der Waals surface area contributed by atoms with Crippen molar-refractivity contribution in [1.82, 2.24) is 0 Å². The Kier molecular flexibility index (Phi) is 4.40. The van der Waals surface area contributed by atoms with Crippen molar-refractivity contribution in [3.05, 3.63) is 61.3 Å². The van der Waals surface area contributed by atoms with E-state index in [2.05, 4.69) is 15.9 Å². The van der Waals surface area contributed by atoms with Crippen LogP contribution in [0.15, 0.2) is 34.8 Å². The molecule has 0 bridgehead atoms. The van der Waals surface area contributed by atoms with Crippen LogP contribution >= 0.6 is 27.5 Å². The summed E-state index contributed by atoms with van der Waals surface area (Å²) in [6.45, 7) is 0. The molecule has 0 N–H and O–H groups in total. The van der Waals surface area contributed by atoms with E-state index < -0.39 is 10.7 Å². The highest BCUT2D eigenvalue weighted by atomic mass is 79.9. The maximum atomic E-state index is 14.0. The zero-order valence-corrected chi connectivity index (χ0v) is 12.5. The molecule has 0 amide bonds. The Hall–Kier alpha value is -2.17. The highest BCUT2D eigenvalue weighted by molar-refractivity contribution is 9.10. The molecule has 0 heterocycles. The average molecular weight is 372 g/mol. The summed E-state index contributed by atoms with van der Waals surface area (Å²) in [7, 11) is 0. The van der Waals surface area contributed by atoms with Gasteiger partial charge >= 0.3 is 0 Å². The van der Waals surface area contributed by atoms with E-state index in [-0.39, 0.29) is 32.2 Å². The summed E-state index contributed by atoms with van der Waals surface area (Å²) in [6, 6.07) is 8.16. The Morgan fingerprint density at radius 3 is 2.67 bits per heavy atom. The molecule has 0 saturated heterocycles. The zero-order chi connectivity index (χ0) is 15.6. The summed E-state index contributed by atoms with van der Waals surface area (Å²) in [6.07, 6.45) is 0. The summed E-state index contributed by atoms with van der Waals surface area (Å²) >= 11 is 8.70. The monoisotopic (exact) mass is 370 g/mol. The second kappa shape index (κ2) is 6.08. The fraction of sp³-hybridized carbons (Fsp3) is 0. The Labute approximate surface area is 131 Å². The minimum absolute atomic E-state index is 0.0180. The van der Waals surface area contributed by atoms with Crippen molar-refractivity contribution in [2.24, 2.45) is 0 Å². The van der Waals surface area contributed by atoms with Gasteiger partial charge in [0, 0.05) is 12.1 Å². The van der Waals surface area contributed by atoms with Crippen LogP contribution in [0.4, 0.5) is 10.1 Å². The second-order valence-electron chi connectivity index (χ2n) is 3.82. The predicted molar refractivity (Wildman–Crippen MR) is 77.0 cm³/mol. The van der Waals surface area contributed by atoms with Crippen LogP contribution in [0.1, 0.15) is 5.56 Å². The molecule has 0 fully saturated rings. The lowest BCUT2D eigenvalue weighted by Crippen LogP contribution is -1.93. The van der Waals surface area contributed by atoms with Crippen molar-refractivity contribution < 1.29 is 14.1 Å². The number of hydrogen-bond acceptors (Lipinski definition) is 4. The van der Waals surface area contributed by atoms with Crippen LogP contribution in [0.3, 0.4) is 0 Å². The lowest BCUT2D eigenvalue weighted by Gasteiger charge is -2.08.